The molecule has 0 saturated heterocycles. The molecule has 1 aromatic carbocycles. The van der Waals surface area contributed by atoms with Gasteiger partial charge in [-0.1, -0.05) is 9.45 Å². The van der Waals surface area contributed by atoms with E-state index in [-0.39, 0.29) is 5.69 Å². The van der Waals surface area contributed by atoms with Gasteiger partial charge in [-0.05, 0) is 35.6 Å². The topological polar surface area (TPSA) is 73.8 Å². The third-order valence-corrected chi connectivity index (χ3v) is 4.17. The molecule has 2 heterocycles. The fourth-order valence-corrected chi connectivity index (χ4v) is 2.72. The van der Waals surface area contributed by atoms with E-state index in [2.05, 4.69) is 9.97 Å². The van der Waals surface area contributed by atoms with E-state index in [4.69, 9.17) is 11.2 Å². The zero-order chi connectivity index (χ0) is 15.0. The molecule has 0 amide bonds. The summed E-state index contributed by atoms with van der Waals surface area (Å²) >= 11 is 5.19. The van der Waals surface area contributed by atoms with Crippen molar-refractivity contribution in [2.45, 2.75) is 5.16 Å². The quantitative estimate of drug-likeness (QED) is 0.421. The van der Waals surface area contributed by atoms with Crippen LogP contribution in [0.5, 0.6) is 0 Å². The molecule has 6 nitrogen and oxygen atoms in total. The lowest BCUT2D eigenvalue weighted by Gasteiger charge is -2.06. The van der Waals surface area contributed by atoms with Crippen molar-refractivity contribution in [2.75, 3.05) is 6.26 Å². The highest BCUT2D eigenvalue weighted by Gasteiger charge is 2.10. The molecule has 0 aliphatic rings. The summed E-state index contributed by atoms with van der Waals surface area (Å²) in [5.41, 5.74) is 0.926. The van der Waals surface area contributed by atoms with Gasteiger partial charge in [0.15, 0.2) is 5.16 Å². The minimum atomic E-state index is -0.436. The maximum Gasteiger partial charge on any atom is 0.270 e. The van der Waals surface area contributed by atoms with Gasteiger partial charge in [-0.25, -0.2) is 9.97 Å². The molecule has 8 heteroatoms. The zero-order valence-electron chi connectivity index (χ0n) is 11.0. The van der Waals surface area contributed by atoms with Crippen LogP contribution in [0.4, 0.5) is 5.69 Å². The van der Waals surface area contributed by atoms with E-state index in [9.17, 15) is 10.1 Å². The van der Waals surface area contributed by atoms with Gasteiger partial charge in [0, 0.05) is 29.9 Å². The van der Waals surface area contributed by atoms with Gasteiger partial charge in [0.25, 0.3) is 5.69 Å². The first-order valence-electron chi connectivity index (χ1n) is 5.98. The highest BCUT2D eigenvalue weighted by molar-refractivity contribution is 8.28. The summed E-state index contributed by atoms with van der Waals surface area (Å²) in [6.07, 6.45) is 5.38. The van der Waals surface area contributed by atoms with E-state index in [0.29, 0.717) is 11.0 Å². The van der Waals surface area contributed by atoms with E-state index in [0.717, 1.165) is 10.9 Å². The fourth-order valence-electron chi connectivity index (χ4n) is 2.05. The van der Waals surface area contributed by atoms with Gasteiger partial charge in [-0.3, -0.25) is 10.1 Å². The highest BCUT2D eigenvalue weighted by atomic mass is 32.8. The van der Waals surface area contributed by atoms with Gasteiger partial charge in [0.05, 0.1) is 10.4 Å². The van der Waals surface area contributed by atoms with Gasteiger partial charge >= 0.3 is 0 Å². The number of nitrogens with zero attached hydrogens (tertiary/aromatic N) is 4. The third kappa shape index (κ3) is 2.55. The van der Waals surface area contributed by atoms with E-state index in [1.54, 1.807) is 24.4 Å². The summed E-state index contributed by atoms with van der Waals surface area (Å²) in [6.45, 7) is 0. The molecule has 106 valence electrons. The molecule has 21 heavy (non-hydrogen) atoms. The predicted molar refractivity (Wildman–Crippen MR) is 84.4 cm³/mol. The normalized spacial score (nSPS) is 12.4. The van der Waals surface area contributed by atoms with E-state index < -0.39 is 14.4 Å². The maximum absolute atomic E-state index is 10.8. The molecule has 0 aliphatic carbocycles. The van der Waals surface area contributed by atoms with Crippen LogP contribution in [-0.2, 0) is 20.6 Å². The van der Waals surface area contributed by atoms with Gasteiger partial charge in [-0.2, -0.15) is 0 Å². The molecule has 1 atom stereocenters. The van der Waals surface area contributed by atoms with Gasteiger partial charge in [0.2, 0.25) is 0 Å². The molecule has 3 rings (SSSR count). The lowest BCUT2D eigenvalue weighted by Crippen LogP contribution is -2.02. The Balaban J connectivity index is 2.15. The Kier molecular flexibility index (Phi) is 3.48. The van der Waals surface area contributed by atoms with Crippen molar-refractivity contribution < 1.29 is 4.92 Å². The third-order valence-electron chi connectivity index (χ3n) is 3.01. The van der Waals surface area contributed by atoms with Crippen LogP contribution < -0.4 is 0 Å². The number of benzene rings is 1. The molecule has 3 aromatic rings. The summed E-state index contributed by atoms with van der Waals surface area (Å²) in [7, 11) is -0.436. The van der Waals surface area contributed by atoms with Gasteiger partial charge in [-0.15, -0.1) is 0 Å². The van der Waals surface area contributed by atoms with E-state index in [1.165, 1.54) is 6.07 Å². The van der Waals surface area contributed by atoms with E-state index in [1.807, 2.05) is 23.1 Å². The van der Waals surface area contributed by atoms with E-state index >= 15 is 0 Å². The number of fused-ring (bicyclic) bond motifs is 1. The van der Waals surface area contributed by atoms with Crippen LogP contribution >= 0.6 is 0 Å². The fraction of sp³-hybridized carbons (Fsp3) is 0.0769. The van der Waals surface area contributed by atoms with Crippen molar-refractivity contribution in [3.05, 3.63) is 52.8 Å². The Bertz CT molecular complexity index is 875. The number of nitro groups is 1. The van der Waals surface area contributed by atoms with Crippen molar-refractivity contribution in [1.82, 2.24) is 14.5 Å². The molecule has 0 bridgehead atoms. The Hall–Kier alpha value is -2.19. The monoisotopic (exact) mass is 318 g/mol. The minimum Gasteiger partial charge on any atom is -0.301 e. The molecule has 0 N–H and O–H groups in total. The van der Waals surface area contributed by atoms with Crippen molar-refractivity contribution in [2.24, 2.45) is 0 Å². The summed E-state index contributed by atoms with van der Waals surface area (Å²) in [5, 5.41) is 12.2. The van der Waals surface area contributed by atoms with Crippen LogP contribution in [0.2, 0.25) is 0 Å². The number of non-ortho nitro benzene ring substituents is 1. The number of hydrogen-bond donors (Lipinski definition) is 0. The minimum absolute atomic E-state index is 0.0734. The van der Waals surface area contributed by atoms with Crippen LogP contribution in [0.3, 0.4) is 0 Å². The first-order valence-corrected chi connectivity index (χ1v) is 8.54. The van der Waals surface area contributed by atoms with Crippen LogP contribution in [0.15, 0.2) is 47.9 Å². The van der Waals surface area contributed by atoms with Crippen molar-refractivity contribution in [3.63, 3.8) is 0 Å². The number of aromatic nitrogens is 3. The summed E-state index contributed by atoms with van der Waals surface area (Å²) in [5.74, 6) is 0.702. The molecule has 0 aliphatic heterocycles. The average Bonchev–Trinajstić information content (AvgIpc) is 2.90. The summed E-state index contributed by atoms with van der Waals surface area (Å²) < 4.78 is 1.87. The second kappa shape index (κ2) is 5.30. The van der Waals surface area contributed by atoms with Gasteiger partial charge in [0.1, 0.15) is 5.82 Å². The lowest BCUT2D eigenvalue weighted by atomic mass is 10.2. The van der Waals surface area contributed by atoms with Crippen molar-refractivity contribution >= 4 is 37.2 Å². The highest BCUT2D eigenvalue weighted by Crippen LogP contribution is 2.24. The number of hydrogen-bond acceptors (Lipinski definition) is 5. The molecule has 0 radical (unpaired) electrons. The van der Waals surface area contributed by atoms with Crippen LogP contribution in [0.1, 0.15) is 0 Å². The lowest BCUT2D eigenvalue weighted by molar-refractivity contribution is -0.384. The molecule has 1 unspecified atom stereocenters. The summed E-state index contributed by atoms with van der Waals surface area (Å²) in [6, 6.07) is 8.36. The van der Waals surface area contributed by atoms with Crippen LogP contribution in [-0.4, -0.2) is 25.7 Å². The maximum atomic E-state index is 10.8. The molecule has 0 saturated carbocycles. The molecule has 2 aromatic heterocycles. The molecule has 0 spiro atoms. The first kappa shape index (κ1) is 13.8. The smallest absolute Gasteiger partial charge is 0.270 e. The largest absolute Gasteiger partial charge is 0.301 e. The van der Waals surface area contributed by atoms with Crippen molar-refractivity contribution in [3.8, 4) is 5.82 Å². The SMILES string of the molecule is CS(=S)c1nccc(-n2ccc3cc([N+](=O)[O-])ccc32)n1. The summed E-state index contributed by atoms with van der Waals surface area (Å²) in [4.78, 5) is 19.0. The second-order valence-corrected chi connectivity index (χ2v) is 7.11. The van der Waals surface area contributed by atoms with Crippen LogP contribution in [0, 0.1) is 10.1 Å². The average molecular weight is 318 g/mol. The van der Waals surface area contributed by atoms with Crippen LogP contribution in [0.25, 0.3) is 16.7 Å². The second-order valence-electron chi connectivity index (χ2n) is 4.34. The number of rotatable bonds is 3. The Labute approximate surface area is 127 Å². The molecular weight excluding hydrogens is 308 g/mol. The predicted octanol–water partition coefficient (Wildman–Crippen LogP) is 2.40. The first-order chi connectivity index (χ1) is 10.1. The Morgan fingerprint density at radius 3 is 2.86 bits per heavy atom. The zero-order valence-corrected chi connectivity index (χ0v) is 12.6. The molecule has 0 fully saturated rings. The number of nitro benzene ring substituents is 1. The molecular formula is C13H10N4O2S2. The Morgan fingerprint density at radius 1 is 1.33 bits per heavy atom. The van der Waals surface area contributed by atoms with Crippen molar-refractivity contribution in [1.29, 1.82) is 0 Å². The van der Waals surface area contributed by atoms with Gasteiger partial charge < -0.3 is 4.57 Å². The Morgan fingerprint density at radius 2 is 2.14 bits per heavy atom. The standard InChI is InChI=1S/C13H10N4O2S2/c1-21(20)13-14-6-4-12(15-13)16-7-5-9-8-10(17(18)19)2-3-11(9)16/h2-8H,1H3.